The molecular weight excluding hydrogens is 198 g/mol. The molecule has 0 amide bonds. The van der Waals surface area contributed by atoms with Crippen molar-refractivity contribution in [3.63, 3.8) is 0 Å². The van der Waals surface area contributed by atoms with Gasteiger partial charge in [-0.05, 0) is 30.6 Å². The zero-order chi connectivity index (χ0) is 12.7. The molecule has 0 rings (SSSR count). The van der Waals surface area contributed by atoms with E-state index in [2.05, 4.69) is 46.9 Å². The van der Waals surface area contributed by atoms with Crippen molar-refractivity contribution in [3.05, 3.63) is 0 Å². The lowest BCUT2D eigenvalue weighted by Gasteiger charge is -2.29. The normalized spacial score (nSPS) is 14.4. The second-order valence-electron chi connectivity index (χ2n) is 6.16. The van der Waals surface area contributed by atoms with Crippen molar-refractivity contribution in [2.45, 2.75) is 66.5 Å². The largest absolute Gasteiger partial charge is 0.395 e. The van der Waals surface area contributed by atoms with Gasteiger partial charge in [0.25, 0.3) is 0 Å². The fourth-order valence-corrected chi connectivity index (χ4v) is 2.13. The summed E-state index contributed by atoms with van der Waals surface area (Å²) in [5, 5.41) is 13.0. The van der Waals surface area contributed by atoms with Gasteiger partial charge in [0.05, 0.1) is 6.61 Å². The number of aliphatic hydroxyl groups is 1. The molecule has 1 atom stereocenters. The minimum absolute atomic E-state index is 0.238. The maximum atomic E-state index is 9.35. The molecule has 2 heteroatoms. The van der Waals surface area contributed by atoms with Crippen molar-refractivity contribution < 1.29 is 5.11 Å². The summed E-state index contributed by atoms with van der Waals surface area (Å²) in [5.41, 5.74) is 0. The van der Waals surface area contributed by atoms with Gasteiger partial charge in [-0.25, -0.2) is 0 Å². The predicted octanol–water partition coefficient (Wildman–Crippen LogP) is 3.05. The van der Waals surface area contributed by atoms with Crippen LogP contribution in [0.2, 0.25) is 0 Å². The number of aliphatic hydroxyl groups excluding tert-OH is 1. The van der Waals surface area contributed by atoms with Gasteiger partial charge in [-0.1, -0.05) is 41.5 Å². The monoisotopic (exact) mass is 229 g/mol. The van der Waals surface area contributed by atoms with Gasteiger partial charge < -0.3 is 10.4 Å². The molecule has 0 aliphatic carbocycles. The maximum Gasteiger partial charge on any atom is 0.0587 e. The third-order valence-corrected chi connectivity index (χ3v) is 2.96. The first-order valence-electron chi connectivity index (χ1n) is 6.73. The number of hydrogen-bond acceptors (Lipinski definition) is 2. The summed E-state index contributed by atoms with van der Waals surface area (Å²) in [6, 6.07) is 0.780. The van der Waals surface area contributed by atoms with Gasteiger partial charge in [-0.3, -0.25) is 0 Å². The van der Waals surface area contributed by atoms with Crippen LogP contribution < -0.4 is 5.32 Å². The smallest absolute Gasteiger partial charge is 0.0587 e. The predicted molar refractivity (Wildman–Crippen MR) is 71.5 cm³/mol. The lowest BCUT2D eigenvalue weighted by molar-refractivity contribution is 0.186. The molecule has 0 unspecified atom stereocenters. The summed E-state index contributed by atoms with van der Waals surface area (Å²) in [4.78, 5) is 0. The Hall–Kier alpha value is -0.0800. The minimum Gasteiger partial charge on any atom is -0.395 e. The zero-order valence-corrected chi connectivity index (χ0v) is 12.0. The van der Waals surface area contributed by atoms with Crippen molar-refractivity contribution in [1.82, 2.24) is 5.32 Å². The Morgan fingerprint density at radius 3 is 1.56 bits per heavy atom. The van der Waals surface area contributed by atoms with Crippen LogP contribution in [0.15, 0.2) is 0 Å². The van der Waals surface area contributed by atoms with Gasteiger partial charge >= 0.3 is 0 Å². The van der Waals surface area contributed by atoms with Gasteiger partial charge in [0.15, 0.2) is 0 Å². The van der Waals surface area contributed by atoms with E-state index in [4.69, 9.17) is 0 Å². The van der Waals surface area contributed by atoms with Crippen LogP contribution in [0.5, 0.6) is 0 Å². The Morgan fingerprint density at radius 1 is 0.875 bits per heavy atom. The Morgan fingerprint density at radius 2 is 1.31 bits per heavy atom. The molecule has 0 aliphatic rings. The molecule has 98 valence electrons. The first kappa shape index (κ1) is 15.9. The van der Waals surface area contributed by atoms with E-state index in [0.717, 1.165) is 0 Å². The van der Waals surface area contributed by atoms with E-state index in [9.17, 15) is 5.11 Å². The van der Waals surface area contributed by atoms with E-state index in [0.29, 0.717) is 23.8 Å². The molecule has 0 spiro atoms. The number of hydrogen-bond donors (Lipinski definition) is 2. The number of rotatable bonds is 8. The van der Waals surface area contributed by atoms with Crippen LogP contribution in [-0.4, -0.2) is 23.8 Å². The molecule has 2 nitrogen and oxygen atoms in total. The Bertz CT molecular complexity index is 156. The second kappa shape index (κ2) is 8.08. The van der Waals surface area contributed by atoms with Gasteiger partial charge in [-0.2, -0.15) is 0 Å². The summed E-state index contributed by atoms with van der Waals surface area (Å²) >= 11 is 0. The summed E-state index contributed by atoms with van der Waals surface area (Å²) in [7, 11) is 0. The molecule has 0 bridgehead atoms. The molecule has 0 aromatic rings. The molecule has 0 aromatic carbocycles. The van der Waals surface area contributed by atoms with Crippen molar-refractivity contribution in [2.24, 2.45) is 17.8 Å². The highest BCUT2D eigenvalue weighted by Crippen LogP contribution is 2.15. The summed E-state index contributed by atoms with van der Waals surface area (Å²) < 4.78 is 0. The molecule has 0 fully saturated rings. The fraction of sp³-hybridized carbons (Fsp3) is 1.00. The highest BCUT2D eigenvalue weighted by molar-refractivity contribution is 4.78. The minimum atomic E-state index is 0.238. The van der Waals surface area contributed by atoms with E-state index >= 15 is 0 Å². The van der Waals surface area contributed by atoms with Crippen LogP contribution in [0.4, 0.5) is 0 Å². The SMILES string of the molecule is CC(C)CC(CC(C)C)N[C@H](CO)C(C)C. The van der Waals surface area contributed by atoms with Crippen LogP contribution in [0, 0.1) is 17.8 Å². The van der Waals surface area contributed by atoms with Crippen LogP contribution in [-0.2, 0) is 0 Å². The molecule has 16 heavy (non-hydrogen) atoms. The molecule has 0 radical (unpaired) electrons. The highest BCUT2D eigenvalue weighted by Gasteiger charge is 2.19. The lowest BCUT2D eigenvalue weighted by Crippen LogP contribution is -2.44. The molecular formula is C14H31NO. The molecule has 2 N–H and O–H groups in total. The Balaban J connectivity index is 4.27. The lowest BCUT2D eigenvalue weighted by atomic mass is 9.93. The highest BCUT2D eigenvalue weighted by atomic mass is 16.3. The fourth-order valence-electron chi connectivity index (χ4n) is 2.13. The van der Waals surface area contributed by atoms with Gasteiger partial charge in [0.1, 0.15) is 0 Å². The maximum absolute atomic E-state index is 9.35. The molecule has 0 aliphatic heterocycles. The Kier molecular flexibility index (Phi) is 8.04. The van der Waals surface area contributed by atoms with Gasteiger partial charge in [-0.15, -0.1) is 0 Å². The van der Waals surface area contributed by atoms with Gasteiger partial charge in [0.2, 0.25) is 0 Å². The molecule has 0 saturated carbocycles. The average molecular weight is 229 g/mol. The van der Waals surface area contributed by atoms with Crippen molar-refractivity contribution >= 4 is 0 Å². The van der Waals surface area contributed by atoms with Crippen molar-refractivity contribution in [3.8, 4) is 0 Å². The molecule has 0 heterocycles. The van der Waals surface area contributed by atoms with E-state index in [-0.39, 0.29) is 12.6 Å². The zero-order valence-electron chi connectivity index (χ0n) is 12.0. The van der Waals surface area contributed by atoms with Gasteiger partial charge in [0, 0.05) is 12.1 Å². The molecule has 0 aromatic heterocycles. The standard InChI is InChI=1S/C14H31NO/c1-10(2)7-13(8-11(3)4)15-14(9-16)12(5)6/h10-16H,7-9H2,1-6H3/t14-/m1/s1. The number of nitrogens with one attached hydrogen (secondary N) is 1. The Labute approximate surface area is 102 Å². The van der Waals surface area contributed by atoms with Crippen LogP contribution in [0.1, 0.15) is 54.4 Å². The van der Waals surface area contributed by atoms with Crippen molar-refractivity contribution in [2.75, 3.05) is 6.61 Å². The van der Waals surface area contributed by atoms with Crippen LogP contribution in [0.3, 0.4) is 0 Å². The first-order chi connectivity index (χ1) is 7.36. The van der Waals surface area contributed by atoms with E-state index in [1.54, 1.807) is 0 Å². The first-order valence-corrected chi connectivity index (χ1v) is 6.73. The average Bonchev–Trinajstić information content (AvgIpc) is 2.11. The molecule has 0 saturated heterocycles. The summed E-state index contributed by atoms with van der Waals surface area (Å²) in [6.45, 7) is 13.6. The van der Waals surface area contributed by atoms with Crippen LogP contribution >= 0.6 is 0 Å². The van der Waals surface area contributed by atoms with E-state index in [1.807, 2.05) is 0 Å². The quantitative estimate of drug-likeness (QED) is 0.670. The third kappa shape index (κ3) is 7.24. The van der Waals surface area contributed by atoms with Crippen LogP contribution in [0.25, 0.3) is 0 Å². The topological polar surface area (TPSA) is 32.3 Å². The third-order valence-electron chi connectivity index (χ3n) is 2.96. The summed E-state index contributed by atoms with van der Waals surface area (Å²) in [6.07, 6.45) is 2.39. The van der Waals surface area contributed by atoms with E-state index < -0.39 is 0 Å². The second-order valence-corrected chi connectivity index (χ2v) is 6.16. The summed E-state index contributed by atoms with van der Waals surface area (Å²) in [5.74, 6) is 1.91. The van der Waals surface area contributed by atoms with Crippen molar-refractivity contribution in [1.29, 1.82) is 0 Å². The van der Waals surface area contributed by atoms with E-state index in [1.165, 1.54) is 12.8 Å².